The molecule has 1 rings (SSSR count). The van der Waals surface area contributed by atoms with E-state index in [1.54, 1.807) is 6.92 Å². The van der Waals surface area contributed by atoms with Crippen molar-refractivity contribution < 1.29 is 27.5 Å². The van der Waals surface area contributed by atoms with Gasteiger partial charge in [0.2, 0.25) is 0 Å². The lowest BCUT2D eigenvalue weighted by molar-refractivity contribution is -0.144. The van der Waals surface area contributed by atoms with Crippen LogP contribution < -0.4 is 10.6 Å². The number of nitrogens with one attached hydrogen (secondary N) is 2. The van der Waals surface area contributed by atoms with Crippen LogP contribution in [0, 0.1) is 5.92 Å². The number of amides is 2. The van der Waals surface area contributed by atoms with Gasteiger partial charge in [0.05, 0.1) is 12.7 Å². The molecule has 0 bridgehead atoms. The van der Waals surface area contributed by atoms with Gasteiger partial charge in [-0.2, -0.15) is 13.2 Å². The molecule has 8 heteroatoms. The number of carbonyl (C=O) groups excluding carboxylic acids is 2. The highest BCUT2D eigenvalue weighted by atomic mass is 19.4. The summed E-state index contributed by atoms with van der Waals surface area (Å²) in [6.45, 7) is 3.60. The quantitative estimate of drug-likeness (QED) is 0.812. The fourth-order valence-corrected chi connectivity index (χ4v) is 1.88. The van der Waals surface area contributed by atoms with Crippen LogP contribution in [0.2, 0.25) is 0 Å². The Bertz CT molecular complexity index is 561. The largest absolute Gasteiger partial charge is 0.467 e. The van der Waals surface area contributed by atoms with Crippen molar-refractivity contribution in [2.75, 3.05) is 12.4 Å². The minimum absolute atomic E-state index is 0.0231. The molecule has 0 saturated carbocycles. The average molecular weight is 332 g/mol. The third-order valence-corrected chi connectivity index (χ3v) is 3.40. The van der Waals surface area contributed by atoms with E-state index in [2.05, 4.69) is 15.4 Å². The average Bonchev–Trinajstić information content (AvgIpc) is 2.50. The van der Waals surface area contributed by atoms with E-state index in [0.29, 0.717) is 6.42 Å². The Morgan fingerprint density at radius 2 is 1.96 bits per heavy atom. The molecule has 0 aromatic heterocycles. The van der Waals surface area contributed by atoms with Gasteiger partial charge in [-0.3, -0.25) is 0 Å². The number of urea groups is 1. The lowest BCUT2D eigenvalue weighted by atomic mass is 9.99. The van der Waals surface area contributed by atoms with Gasteiger partial charge in [-0.25, -0.2) is 9.59 Å². The van der Waals surface area contributed by atoms with E-state index in [9.17, 15) is 22.8 Å². The van der Waals surface area contributed by atoms with Crippen LogP contribution in [0.4, 0.5) is 23.7 Å². The van der Waals surface area contributed by atoms with Crippen LogP contribution in [-0.2, 0) is 15.7 Å². The Kier molecular flexibility index (Phi) is 6.41. The van der Waals surface area contributed by atoms with E-state index in [0.717, 1.165) is 12.1 Å². The summed E-state index contributed by atoms with van der Waals surface area (Å²) >= 11 is 0. The molecule has 0 saturated heterocycles. The number of hydrogen-bond acceptors (Lipinski definition) is 3. The SMILES string of the molecule is CC[C@@H](C)[C@H](NC(=O)Nc1cccc(C(F)(F)F)c1)C(=O)OC. The lowest BCUT2D eigenvalue weighted by Crippen LogP contribution is -2.47. The van der Waals surface area contributed by atoms with Gasteiger partial charge in [-0.15, -0.1) is 0 Å². The number of alkyl halides is 3. The number of ether oxygens (including phenoxy) is 1. The number of methoxy groups -OCH3 is 1. The molecule has 0 aliphatic rings. The number of esters is 1. The molecule has 0 radical (unpaired) electrons. The molecule has 0 heterocycles. The second-order valence-electron chi connectivity index (χ2n) is 5.06. The fourth-order valence-electron chi connectivity index (χ4n) is 1.88. The van der Waals surface area contributed by atoms with E-state index in [1.807, 2.05) is 6.92 Å². The van der Waals surface area contributed by atoms with Gasteiger partial charge in [0.25, 0.3) is 0 Å². The zero-order chi connectivity index (χ0) is 17.6. The first-order chi connectivity index (χ1) is 10.7. The van der Waals surface area contributed by atoms with Gasteiger partial charge in [-0.05, 0) is 24.1 Å². The van der Waals surface area contributed by atoms with E-state index < -0.39 is 29.8 Å². The van der Waals surface area contributed by atoms with Crippen LogP contribution in [0.3, 0.4) is 0 Å². The van der Waals surface area contributed by atoms with Gasteiger partial charge in [-0.1, -0.05) is 26.3 Å². The number of carbonyl (C=O) groups is 2. The maximum atomic E-state index is 12.6. The van der Waals surface area contributed by atoms with Crippen molar-refractivity contribution in [2.45, 2.75) is 32.5 Å². The van der Waals surface area contributed by atoms with Crippen molar-refractivity contribution >= 4 is 17.7 Å². The first-order valence-electron chi connectivity index (χ1n) is 7.01. The second-order valence-corrected chi connectivity index (χ2v) is 5.06. The van der Waals surface area contributed by atoms with Gasteiger partial charge >= 0.3 is 18.2 Å². The van der Waals surface area contributed by atoms with Crippen molar-refractivity contribution in [3.63, 3.8) is 0 Å². The molecule has 2 atom stereocenters. The molecule has 1 aromatic carbocycles. The highest BCUT2D eigenvalue weighted by molar-refractivity contribution is 5.92. The summed E-state index contributed by atoms with van der Waals surface area (Å²) in [5.41, 5.74) is -0.896. The predicted octanol–water partition coefficient (Wildman–Crippen LogP) is 3.41. The van der Waals surface area contributed by atoms with Crippen molar-refractivity contribution in [2.24, 2.45) is 5.92 Å². The molecule has 5 nitrogen and oxygen atoms in total. The van der Waals surface area contributed by atoms with Crippen LogP contribution in [0.15, 0.2) is 24.3 Å². The monoisotopic (exact) mass is 332 g/mol. The summed E-state index contributed by atoms with van der Waals surface area (Å²) in [6.07, 6.45) is -3.89. The Morgan fingerprint density at radius 1 is 1.30 bits per heavy atom. The van der Waals surface area contributed by atoms with Crippen molar-refractivity contribution in [1.29, 1.82) is 0 Å². The first kappa shape index (κ1) is 18.8. The maximum absolute atomic E-state index is 12.6. The highest BCUT2D eigenvalue weighted by Crippen LogP contribution is 2.30. The van der Waals surface area contributed by atoms with E-state index >= 15 is 0 Å². The van der Waals surface area contributed by atoms with Crippen molar-refractivity contribution in [3.8, 4) is 0 Å². The second kappa shape index (κ2) is 7.85. The molecule has 0 aliphatic heterocycles. The number of anilines is 1. The minimum Gasteiger partial charge on any atom is -0.467 e. The fraction of sp³-hybridized carbons (Fsp3) is 0.467. The van der Waals surface area contributed by atoms with Gasteiger partial charge in [0.1, 0.15) is 6.04 Å². The van der Waals surface area contributed by atoms with Crippen molar-refractivity contribution in [1.82, 2.24) is 5.32 Å². The molecule has 0 fully saturated rings. The molecule has 0 spiro atoms. The van der Waals surface area contributed by atoms with E-state index in [-0.39, 0.29) is 11.6 Å². The molecular formula is C15H19F3N2O3. The summed E-state index contributed by atoms with van der Waals surface area (Å²) in [5, 5.41) is 4.70. The number of rotatable bonds is 5. The van der Waals surface area contributed by atoms with Crippen LogP contribution in [0.5, 0.6) is 0 Å². The Morgan fingerprint density at radius 3 is 2.48 bits per heavy atom. The Hall–Kier alpha value is -2.25. The van der Waals surface area contributed by atoms with Crippen LogP contribution in [0.25, 0.3) is 0 Å². The molecule has 0 aliphatic carbocycles. The summed E-state index contributed by atoms with van der Waals surface area (Å²) in [7, 11) is 1.20. The Labute approximate surface area is 132 Å². The van der Waals surface area contributed by atoms with Crippen LogP contribution in [0.1, 0.15) is 25.8 Å². The molecular weight excluding hydrogens is 313 g/mol. The zero-order valence-electron chi connectivity index (χ0n) is 13.0. The summed E-state index contributed by atoms with van der Waals surface area (Å²) < 4.78 is 42.5. The standard InChI is InChI=1S/C15H19F3N2O3/c1-4-9(2)12(13(21)23-3)20-14(22)19-11-7-5-6-10(8-11)15(16,17)18/h5-9,12H,4H2,1-3H3,(H2,19,20,22)/t9-,12+/m1/s1. The zero-order valence-corrected chi connectivity index (χ0v) is 13.0. The topological polar surface area (TPSA) is 67.4 Å². The molecule has 2 amide bonds. The molecule has 128 valence electrons. The normalized spacial score (nSPS) is 13.8. The van der Waals surface area contributed by atoms with Crippen LogP contribution >= 0.6 is 0 Å². The molecule has 1 aromatic rings. The number of benzene rings is 1. The van der Waals surface area contributed by atoms with Gasteiger partial charge < -0.3 is 15.4 Å². The van der Waals surface area contributed by atoms with Gasteiger partial charge in [0.15, 0.2) is 0 Å². The summed E-state index contributed by atoms with van der Waals surface area (Å²) in [5.74, 6) is -0.798. The summed E-state index contributed by atoms with van der Waals surface area (Å²) in [6, 6.07) is 2.57. The van der Waals surface area contributed by atoms with Crippen molar-refractivity contribution in [3.05, 3.63) is 29.8 Å². The smallest absolute Gasteiger partial charge is 0.416 e. The van der Waals surface area contributed by atoms with Crippen LogP contribution in [-0.4, -0.2) is 25.2 Å². The lowest BCUT2D eigenvalue weighted by Gasteiger charge is -2.22. The number of halogens is 3. The van der Waals surface area contributed by atoms with Gasteiger partial charge in [0, 0.05) is 5.69 Å². The van der Waals surface area contributed by atoms with E-state index in [1.165, 1.54) is 19.2 Å². The molecule has 23 heavy (non-hydrogen) atoms. The minimum atomic E-state index is -4.50. The highest BCUT2D eigenvalue weighted by Gasteiger charge is 2.31. The maximum Gasteiger partial charge on any atom is 0.416 e. The third kappa shape index (κ3) is 5.46. The molecule has 2 N–H and O–H groups in total. The Balaban J connectivity index is 2.81. The number of hydrogen-bond donors (Lipinski definition) is 2. The first-order valence-corrected chi connectivity index (χ1v) is 7.01. The summed E-state index contributed by atoms with van der Waals surface area (Å²) in [4.78, 5) is 23.6. The van der Waals surface area contributed by atoms with E-state index in [4.69, 9.17) is 0 Å². The predicted molar refractivity (Wildman–Crippen MR) is 78.9 cm³/mol. The third-order valence-electron chi connectivity index (χ3n) is 3.40. The molecule has 0 unspecified atom stereocenters.